The van der Waals surface area contributed by atoms with Crippen molar-refractivity contribution in [2.24, 2.45) is 5.73 Å². The molecule has 1 heterocycles. The molecule has 1 aromatic rings. The van der Waals surface area contributed by atoms with Crippen LogP contribution >= 0.6 is 0 Å². The Balaban J connectivity index is 2.56. The van der Waals surface area contributed by atoms with Crippen LogP contribution in [0.1, 0.15) is 11.4 Å². The van der Waals surface area contributed by atoms with Gasteiger partial charge in [0.2, 0.25) is 0 Å². The van der Waals surface area contributed by atoms with Crippen LogP contribution in [0.4, 0.5) is 0 Å². The lowest BCUT2D eigenvalue weighted by Gasteiger charge is -2.21. The maximum atomic E-state index is 5.59. The smallest absolute Gasteiger partial charge is 0.0589 e. The minimum atomic E-state index is 0.476. The molecule has 0 saturated heterocycles. The van der Waals surface area contributed by atoms with Gasteiger partial charge < -0.3 is 15.2 Å². The minimum absolute atomic E-state index is 0.476. The molecule has 0 bridgehead atoms. The van der Waals surface area contributed by atoms with Crippen molar-refractivity contribution in [1.29, 1.82) is 0 Å². The van der Waals surface area contributed by atoms with Crippen molar-refractivity contribution < 1.29 is 9.47 Å². The molecular formula is C13H23N3O2. The lowest BCUT2D eigenvalue weighted by atomic mass is 10.3. The lowest BCUT2D eigenvalue weighted by molar-refractivity contribution is 0.109. The summed E-state index contributed by atoms with van der Waals surface area (Å²) in [7, 11) is 3.42. The Bertz CT molecular complexity index is 326. The topological polar surface area (TPSA) is 60.6 Å². The van der Waals surface area contributed by atoms with E-state index in [0.717, 1.165) is 31.0 Å². The molecule has 0 atom stereocenters. The number of hydrogen-bond acceptors (Lipinski definition) is 5. The van der Waals surface area contributed by atoms with Crippen molar-refractivity contribution in [3.8, 4) is 0 Å². The molecule has 5 heteroatoms. The number of methoxy groups -OCH3 is 2. The highest BCUT2D eigenvalue weighted by Gasteiger charge is 2.07. The number of rotatable bonds is 9. The Hall–Kier alpha value is -1.01. The van der Waals surface area contributed by atoms with Crippen LogP contribution in [0.25, 0.3) is 0 Å². The SMILES string of the molecule is COCCN(CCOC)Cc1cccc(CN)n1. The van der Waals surface area contributed by atoms with Crippen molar-refractivity contribution in [3.05, 3.63) is 29.6 Å². The highest BCUT2D eigenvalue weighted by molar-refractivity contribution is 5.10. The van der Waals surface area contributed by atoms with E-state index < -0.39 is 0 Å². The Labute approximate surface area is 109 Å². The molecule has 102 valence electrons. The Kier molecular flexibility index (Phi) is 7.52. The van der Waals surface area contributed by atoms with Gasteiger partial charge >= 0.3 is 0 Å². The van der Waals surface area contributed by atoms with Crippen LogP contribution in [-0.2, 0) is 22.6 Å². The first-order valence-corrected chi connectivity index (χ1v) is 6.15. The molecule has 0 aliphatic rings. The first kappa shape index (κ1) is 15.0. The number of ether oxygens (including phenoxy) is 2. The number of pyridine rings is 1. The molecule has 2 N–H and O–H groups in total. The zero-order valence-corrected chi connectivity index (χ0v) is 11.3. The van der Waals surface area contributed by atoms with Crippen LogP contribution in [0.2, 0.25) is 0 Å². The van der Waals surface area contributed by atoms with E-state index in [1.807, 2.05) is 18.2 Å². The van der Waals surface area contributed by atoms with E-state index in [1.165, 1.54) is 0 Å². The zero-order chi connectivity index (χ0) is 13.2. The second-order valence-electron chi connectivity index (χ2n) is 4.09. The predicted octanol–water partition coefficient (Wildman–Crippen LogP) is 0.635. The number of nitrogens with zero attached hydrogens (tertiary/aromatic N) is 2. The van der Waals surface area contributed by atoms with E-state index in [1.54, 1.807) is 14.2 Å². The zero-order valence-electron chi connectivity index (χ0n) is 11.3. The van der Waals surface area contributed by atoms with Crippen LogP contribution in [0.5, 0.6) is 0 Å². The summed E-state index contributed by atoms with van der Waals surface area (Å²) in [4.78, 5) is 6.76. The summed E-state index contributed by atoms with van der Waals surface area (Å²) in [6.07, 6.45) is 0. The van der Waals surface area contributed by atoms with E-state index in [-0.39, 0.29) is 0 Å². The molecule has 0 radical (unpaired) electrons. The Morgan fingerprint density at radius 2 is 1.72 bits per heavy atom. The van der Waals surface area contributed by atoms with Gasteiger partial charge in [0.25, 0.3) is 0 Å². The Morgan fingerprint density at radius 1 is 1.11 bits per heavy atom. The van der Waals surface area contributed by atoms with Crippen molar-refractivity contribution >= 4 is 0 Å². The summed E-state index contributed by atoms with van der Waals surface area (Å²) in [6, 6.07) is 5.96. The summed E-state index contributed by atoms with van der Waals surface area (Å²) in [6.45, 7) is 4.42. The normalized spacial score (nSPS) is 11.1. The number of nitrogens with two attached hydrogens (primary N) is 1. The quantitative estimate of drug-likeness (QED) is 0.699. The van der Waals surface area contributed by atoms with Crippen LogP contribution < -0.4 is 5.73 Å². The van der Waals surface area contributed by atoms with Gasteiger partial charge in [-0.1, -0.05) is 6.07 Å². The van der Waals surface area contributed by atoms with Crippen molar-refractivity contribution in [1.82, 2.24) is 9.88 Å². The second kappa shape index (κ2) is 8.99. The lowest BCUT2D eigenvalue weighted by Crippen LogP contribution is -2.30. The third-order valence-corrected chi connectivity index (χ3v) is 2.68. The van der Waals surface area contributed by atoms with Gasteiger partial charge in [0.15, 0.2) is 0 Å². The number of aromatic nitrogens is 1. The monoisotopic (exact) mass is 253 g/mol. The van der Waals surface area contributed by atoms with Crippen LogP contribution in [-0.4, -0.2) is 50.4 Å². The maximum absolute atomic E-state index is 5.59. The van der Waals surface area contributed by atoms with Crippen LogP contribution in [0, 0.1) is 0 Å². The molecular weight excluding hydrogens is 230 g/mol. The Morgan fingerprint density at radius 3 is 2.28 bits per heavy atom. The fourth-order valence-electron chi connectivity index (χ4n) is 1.67. The van der Waals surface area contributed by atoms with Gasteiger partial charge in [-0.25, -0.2) is 0 Å². The molecule has 0 saturated carbocycles. The van der Waals surface area contributed by atoms with Gasteiger partial charge in [-0.15, -0.1) is 0 Å². The predicted molar refractivity (Wildman–Crippen MR) is 71.2 cm³/mol. The summed E-state index contributed by atoms with van der Waals surface area (Å²) in [5.41, 5.74) is 7.55. The maximum Gasteiger partial charge on any atom is 0.0589 e. The van der Waals surface area contributed by atoms with Gasteiger partial charge in [0.05, 0.1) is 24.6 Å². The summed E-state index contributed by atoms with van der Waals surface area (Å²) in [5.74, 6) is 0. The molecule has 0 aromatic carbocycles. The second-order valence-corrected chi connectivity index (χ2v) is 4.09. The molecule has 0 aliphatic carbocycles. The van der Waals surface area contributed by atoms with E-state index in [4.69, 9.17) is 15.2 Å². The average Bonchev–Trinajstić information content (AvgIpc) is 2.42. The average molecular weight is 253 g/mol. The fourth-order valence-corrected chi connectivity index (χ4v) is 1.67. The summed E-state index contributed by atoms with van der Waals surface area (Å²) < 4.78 is 10.2. The molecule has 0 amide bonds. The minimum Gasteiger partial charge on any atom is -0.383 e. The van der Waals surface area contributed by atoms with Gasteiger partial charge in [-0.3, -0.25) is 9.88 Å². The molecule has 1 aromatic heterocycles. The summed E-state index contributed by atoms with van der Waals surface area (Å²) >= 11 is 0. The molecule has 0 aliphatic heterocycles. The standard InChI is InChI=1S/C13H23N3O2/c1-17-8-6-16(7-9-18-2)11-13-5-3-4-12(10-14)15-13/h3-5H,6-11,14H2,1-2H3. The molecule has 1 rings (SSSR count). The van der Waals surface area contributed by atoms with Gasteiger partial charge in [0.1, 0.15) is 0 Å². The van der Waals surface area contributed by atoms with Crippen LogP contribution in [0.15, 0.2) is 18.2 Å². The molecule has 0 unspecified atom stereocenters. The molecule has 0 spiro atoms. The van der Waals surface area contributed by atoms with Crippen molar-refractivity contribution in [2.45, 2.75) is 13.1 Å². The highest BCUT2D eigenvalue weighted by Crippen LogP contribution is 2.03. The van der Waals surface area contributed by atoms with Crippen molar-refractivity contribution in [2.75, 3.05) is 40.5 Å². The fraction of sp³-hybridized carbons (Fsp3) is 0.615. The van der Waals surface area contributed by atoms with E-state index in [2.05, 4.69) is 9.88 Å². The highest BCUT2D eigenvalue weighted by atomic mass is 16.5. The van der Waals surface area contributed by atoms with E-state index >= 15 is 0 Å². The largest absolute Gasteiger partial charge is 0.383 e. The third kappa shape index (κ3) is 5.55. The van der Waals surface area contributed by atoms with Gasteiger partial charge in [0, 0.05) is 40.4 Å². The first-order chi connectivity index (χ1) is 8.80. The van der Waals surface area contributed by atoms with Gasteiger partial charge in [-0.05, 0) is 12.1 Å². The molecule has 0 fully saturated rings. The van der Waals surface area contributed by atoms with Crippen LogP contribution in [0.3, 0.4) is 0 Å². The van der Waals surface area contributed by atoms with E-state index in [9.17, 15) is 0 Å². The molecule has 18 heavy (non-hydrogen) atoms. The number of hydrogen-bond donors (Lipinski definition) is 1. The molecule has 5 nitrogen and oxygen atoms in total. The van der Waals surface area contributed by atoms with E-state index in [0.29, 0.717) is 19.8 Å². The third-order valence-electron chi connectivity index (χ3n) is 2.68. The summed E-state index contributed by atoms with van der Waals surface area (Å²) in [5, 5.41) is 0. The first-order valence-electron chi connectivity index (χ1n) is 6.15. The van der Waals surface area contributed by atoms with Crippen molar-refractivity contribution in [3.63, 3.8) is 0 Å². The van der Waals surface area contributed by atoms with Gasteiger partial charge in [-0.2, -0.15) is 0 Å².